The molecule has 3 saturated carbocycles. The van der Waals surface area contributed by atoms with E-state index in [1.807, 2.05) is 19.1 Å². The normalized spacial score (nSPS) is 51.2. The Morgan fingerprint density at radius 3 is 2.74 bits per heavy atom. The zero-order chi connectivity index (χ0) is 19.6. The zero-order valence-corrected chi connectivity index (χ0v) is 16.5. The number of carbonyl (C=O) groups excluding carboxylic acids is 1. The van der Waals surface area contributed by atoms with Gasteiger partial charge in [-0.2, -0.15) is 0 Å². The maximum absolute atomic E-state index is 12.7. The zero-order valence-electron chi connectivity index (χ0n) is 16.5. The lowest BCUT2D eigenvalue weighted by Crippen LogP contribution is -2.61. The van der Waals surface area contributed by atoms with Crippen molar-refractivity contribution in [2.45, 2.75) is 63.8 Å². The van der Waals surface area contributed by atoms with Crippen molar-refractivity contribution in [3.63, 3.8) is 0 Å². The molecule has 0 amide bonds. The number of ketones is 1. The highest BCUT2D eigenvalue weighted by Crippen LogP contribution is 2.67. The number of aliphatic hydroxyl groups excluding tert-OH is 2. The van der Waals surface area contributed by atoms with Crippen LogP contribution in [0.15, 0.2) is 23.8 Å². The van der Waals surface area contributed by atoms with E-state index in [9.17, 15) is 20.1 Å². The van der Waals surface area contributed by atoms with Gasteiger partial charge in [-0.3, -0.25) is 4.79 Å². The minimum absolute atomic E-state index is 0.0548. The monoisotopic (exact) mass is 376 g/mol. The Morgan fingerprint density at radius 1 is 1.30 bits per heavy atom. The summed E-state index contributed by atoms with van der Waals surface area (Å²) in [5.74, 6) is 0.253. The van der Waals surface area contributed by atoms with Crippen LogP contribution in [0.2, 0.25) is 0 Å². The molecule has 0 bridgehead atoms. The van der Waals surface area contributed by atoms with E-state index in [1.54, 1.807) is 0 Å². The van der Waals surface area contributed by atoms with Crippen molar-refractivity contribution >= 4 is 5.78 Å². The van der Waals surface area contributed by atoms with Gasteiger partial charge in [-0.05, 0) is 43.9 Å². The number of carbonyl (C=O) groups is 1. The van der Waals surface area contributed by atoms with Gasteiger partial charge in [-0.15, -0.1) is 0 Å². The van der Waals surface area contributed by atoms with Crippen molar-refractivity contribution in [1.82, 2.24) is 0 Å². The SMILES string of the molecule is COCC(=O)[C@@]1(O)CC[C@H]2[C@@H]3CCC4=CC(O)C=C[C@]4(C)[C@H]3[C@@H](O)C[C@@]21C. The summed E-state index contributed by atoms with van der Waals surface area (Å²) < 4.78 is 5.02. The van der Waals surface area contributed by atoms with Gasteiger partial charge in [0, 0.05) is 23.9 Å². The topological polar surface area (TPSA) is 87.0 Å². The molecule has 4 aliphatic carbocycles. The molecule has 5 nitrogen and oxygen atoms in total. The number of fused-ring (bicyclic) bond motifs is 5. The molecule has 4 aliphatic rings. The number of methoxy groups -OCH3 is 1. The first-order valence-electron chi connectivity index (χ1n) is 10.2. The van der Waals surface area contributed by atoms with E-state index < -0.39 is 23.2 Å². The van der Waals surface area contributed by atoms with E-state index in [0.717, 1.165) is 19.3 Å². The molecule has 0 aliphatic heterocycles. The van der Waals surface area contributed by atoms with Gasteiger partial charge in [0.1, 0.15) is 12.2 Å². The fourth-order valence-corrected chi connectivity index (χ4v) is 7.16. The van der Waals surface area contributed by atoms with Crippen LogP contribution in [0, 0.1) is 28.6 Å². The average molecular weight is 376 g/mol. The summed E-state index contributed by atoms with van der Waals surface area (Å²) >= 11 is 0. The molecule has 0 aromatic rings. The predicted octanol–water partition coefficient (Wildman–Crippen LogP) is 2.00. The Hall–Kier alpha value is -1.01. The summed E-state index contributed by atoms with van der Waals surface area (Å²) in [5, 5.41) is 32.6. The molecule has 0 saturated heterocycles. The quantitative estimate of drug-likeness (QED) is 0.656. The van der Waals surface area contributed by atoms with Crippen LogP contribution in [-0.4, -0.2) is 52.6 Å². The van der Waals surface area contributed by atoms with Gasteiger partial charge in [-0.25, -0.2) is 0 Å². The molecule has 0 heterocycles. The van der Waals surface area contributed by atoms with Crippen molar-refractivity contribution in [2.24, 2.45) is 28.6 Å². The molecule has 0 spiro atoms. The highest BCUT2D eigenvalue weighted by Gasteiger charge is 2.67. The van der Waals surface area contributed by atoms with Crippen molar-refractivity contribution < 1.29 is 24.9 Å². The number of aliphatic hydroxyl groups is 3. The Labute approximate surface area is 161 Å². The average Bonchev–Trinajstić information content (AvgIpc) is 2.87. The second-order valence-electron chi connectivity index (χ2n) is 9.60. The van der Waals surface area contributed by atoms with Gasteiger partial charge in [0.05, 0.1) is 12.2 Å². The molecular weight excluding hydrogens is 344 g/mol. The largest absolute Gasteiger partial charge is 0.393 e. The molecule has 8 atom stereocenters. The number of Topliss-reactive ketones (excluding diaryl/α,β-unsaturated/α-hetero) is 1. The summed E-state index contributed by atoms with van der Waals surface area (Å²) in [6.07, 6.45) is 8.18. The van der Waals surface area contributed by atoms with E-state index in [-0.39, 0.29) is 35.6 Å². The fourth-order valence-electron chi connectivity index (χ4n) is 7.16. The lowest BCUT2D eigenvalue weighted by molar-refractivity contribution is -0.179. The molecule has 3 fully saturated rings. The molecule has 4 rings (SSSR count). The fraction of sp³-hybridized carbons (Fsp3) is 0.773. The van der Waals surface area contributed by atoms with Crippen molar-refractivity contribution in [2.75, 3.05) is 13.7 Å². The lowest BCUT2D eigenvalue weighted by Gasteiger charge is -2.59. The number of allylic oxidation sites excluding steroid dienone is 2. The second kappa shape index (κ2) is 6.24. The Kier molecular flexibility index (Phi) is 4.47. The third kappa shape index (κ3) is 2.48. The molecule has 3 N–H and O–H groups in total. The van der Waals surface area contributed by atoms with Crippen molar-refractivity contribution in [3.8, 4) is 0 Å². The Balaban J connectivity index is 1.71. The third-order valence-corrected chi connectivity index (χ3v) is 8.49. The number of hydrogen-bond donors (Lipinski definition) is 3. The summed E-state index contributed by atoms with van der Waals surface area (Å²) in [7, 11) is 1.47. The molecule has 5 heteroatoms. The van der Waals surface area contributed by atoms with Crippen LogP contribution in [0.3, 0.4) is 0 Å². The molecule has 0 radical (unpaired) electrons. The van der Waals surface area contributed by atoms with Gasteiger partial charge in [0.2, 0.25) is 0 Å². The highest BCUT2D eigenvalue weighted by atomic mass is 16.5. The maximum Gasteiger partial charge on any atom is 0.190 e. The maximum atomic E-state index is 12.7. The summed E-state index contributed by atoms with van der Waals surface area (Å²) in [6.45, 7) is 4.07. The summed E-state index contributed by atoms with van der Waals surface area (Å²) in [6, 6.07) is 0. The van der Waals surface area contributed by atoms with Crippen LogP contribution < -0.4 is 0 Å². The third-order valence-electron chi connectivity index (χ3n) is 8.49. The van der Waals surface area contributed by atoms with E-state index >= 15 is 0 Å². The minimum Gasteiger partial charge on any atom is -0.393 e. The smallest absolute Gasteiger partial charge is 0.190 e. The van der Waals surface area contributed by atoms with Crippen LogP contribution in [0.25, 0.3) is 0 Å². The van der Waals surface area contributed by atoms with Crippen molar-refractivity contribution in [1.29, 1.82) is 0 Å². The molecule has 0 aromatic carbocycles. The van der Waals surface area contributed by atoms with E-state index in [4.69, 9.17) is 4.74 Å². The lowest BCUT2D eigenvalue weighted by atomic mass is 9.46. The van der Waals surface area contributed by atoms with E-state index in [2.05, 4.69) is 13.0 Å². The first kappa shape index (κ1) is 19.3. The number of hydrogen-bond acceptors (Lipinski definition) is 5. The standard InChI is InChI=1S/C22H32O5/c1-20-8-6-14(23)10-13(20)4-5-15-16-7-9-22(26,18(25)12-27-3)21(16,2)11-17(24)19(15)20/h6,8,10,14-17,19,23-24,26H,4-5,7,9,11-12H2,1-3H3/t14?,15-,16-,17-,19+,20-,21-,22-/m0/s1. The predicted molar refractivity (Wildman–Crippen MR) is 101 cm³/mol. The van der Waals surface area contributed by atoms with Crippen LogP contribution in [0.1, 0.15) is 46.0 Å². The highest BCUT2D eigenvalue weighted by molar-refractivity contribution is 5.89. The Morgan fingerprint density at radius 2 is 2.04 bits per heavy atom. The first-order valence-corrected chi connectivity index (χ1v) is 10.2. The van der Waals surface area contributed by atoms with E-state index in [1.165, 1.54) is 12.7 Å². The number of ether oxygens (including phenoxy) is 1. The molecule has 27 heavy (non-hydrogen) atoms. The van der Waals surface area contributed by atoms with Crippen LogP contribution in [0.5, 0.6) is 0 Å². The van der Waals surface area contributed by atoms with E-state index in [0.29, 0.717) is 12.8 Å². The van der Waals surface area contributed by atoms with Gasteiger partial charge < -0.3 is 20.1 Å². The van der Waals surface area contributed by atoms with Gasteiger partial charge in [0.15, 0.2) is 5.78 Å². The summed E-state index contributed by atoms with van der Waals surface area (Å²) in [5.41, 5.74) is -1.10. The van der Waals surface area contributed by atoms with Gasteiger partial charge in [-0.1, -0.05) is 37.6 Å². The number of rotatable bonds is 3. The van der Waals surface area contributed by atoms with Gasteiger partial charge in [0.25, 0.3) is 0 Å². The summed E-state index contributed by atoms with van der Waals surface area (Å²) in [4.78, 5) is 12.7. The van der Waals surface area contributed by atoms with Crippen molar-refractivity contribution in [3.05, 3.63) is 23.8 Å². The Bertz CT molecular complexity index is 699. The molecule has 0 aromatic heterocycles. The second-order valence-corrected chi connectivity index (χ2v) is 9.60. The van der Waals surface area contributed by atoms with Crippen LogP contribution in [-0.2, 0) is 9.53 Å². The minimum atomic E-state index is -1.42. The molecular formula is C22H32O5. The molecule has 1 unspecified atom stereocenters. The van der Waals surface area contributed by atoms with Gasteiger partial charge >= 0.3 is 0 Å². The first-order chi connectivity index (χ1) is 12.7. The van der Waals surface area contributed by atoms with Crippen LogP contribution in [0.4, 0.5) is 0 Å². The van der Waals surface area contributed by atoms with Crippen LogP contribution >= 0.6 is 0 Å². The molecule has 150 valence electrons.